The molecular formula is C13H18ClN. The fourth-order valence-corrected chi connectivity index (χ4v) is 2.54. The molecule has 0 spiro atoms. The van der Waals surface area contributed by atoms with Crippen LogP contribution in [-0.2, 0) is 0 Å². The first-order valence-corrected chi connectivity index (χ1v) is 6.01. The van der Waals surface area contributed by atoms with E-state index in [1.807, 2.05) is 7.05 Å². The lowest BCUT2D eigenvalue weighted by molar-refractivity contribution is 0.251. The predicted octanol–water partition coefficient (Wildman–Crippen LogP) is 3.36. The molecule has 2 unspecified atom stereocenters. The topological polar surface area (TPSA) is 12.0 Å². The summed E-state index contributed by atoms with van der Waals surface area (Å²) in [6.07, 6.45) is 2.66. The Morgan fingerprint density at radius 1 is 1.40 bits per heavy atom. The fourth-order valence-electron chi connectivity index (χ4n) is 2.35. The molecule has 1 saturated carbocycles. The number of nitrogens with one attached hydrogen (secondary N) is 1. The van der Waals surface area contributed by atoms with Gasteiger partial charge in [0.1, 0.15) is 0 Å². The highest BCUT2D eigenvalue weighted by Gasteiger charge is 2.31. The van der Waals surface area contributed by atoms with Gasteiger partial charge in [0.15, 0.2) is 0 Å². The summed E-state index contributed by atoms with van der Waals surface area (Å²) in [4.78, 5) is 0. The van der Waals surface area contributed by atoms with Gasteiger partial charge in [0.2, 0.25) is 0 Å². The molecule has 1 aliphatic rings. The summed E-state index contributed by atoms with van der Waals surface area (Å²) in [6.45, 7) is 3.17. The van der Waals surface area contributed by atoms with Gasteiger partial charge < -0.3 is 5.32 Å². The smallest absolute Gasteiger partial charge is 0.0438 e. The van der Waals surface area contributed by atoms with Crippen LogP contribution in [0, 0.1) is 12.8 Å². The minimum Gasteiger partial charge on any atom is -0.319 e. The van der Waals surface area contributed by atoms with Crippen molar-refractivity contribution in [3.63, 3.8) is 0 Å². The van der Waals surface area contributed by atoms with E-state index in [9.17, 15) is 0 Å². The zero-order valence-electron chi connectivity index (χ0n) is 9.39. The van der Waals surface area contributed by atoms with Crippen molar-refractivity contribution in [1.29, 1.82) is 0 Å². The molecule has 0 amide bonds. The van der Waals surface area contributed by atoms with Crippen LogP contribution in [-0.4, -0.2) is 13.6 Å². The number of halogens is 1. The van der Waals surface area contributed by atoms with E-state index < -0.39 is 0 Å². The van der Waals surface area contributed by atoms with Gasteiger partial charge in [-0.2, -0.15) is 0 Å². The lowest BCUT2D eigenvalue weighted by atomic mass is 9.70. The Balaban J connectivity index is 2.12. The van der Waals surface area contributed by atoms with Crippen molar-refractivity contribution >= 4 is 11.6 Å². The van der Waals surface area contributed by atoms with E-state index >= 15 is 0 Å². The lowest BCUT2D eigenvalue weighted by Gasteiger charge is -2.37. The van der Waals surface area contributed by atoms with E-state index in [-0.39, 0.29) is 0 Å². The molecule has 1 aromatic carbocycles. The third-order valence-electron chi connectivity index (χ3n) is 3.51. The van der Waals surface area contributed by atoms with Crippen LogP contribution in [0.2, 0.25) is 5.02 Å². The molecule has 0 heterocycles. The van der Waals surface area contributed by atoms with Gasteiger partial charge in [-0.15, -0.1) is 0 Å². The molecule has 0 saturated heterocycles. The van der Waals surface area contributed by atoms with Gasteiger partial charge in [0.25, 0.3) is 0 Å². The average molecular weight is 224 g/mol. The first-order valence-electron chi connectivity index (χ1n) is 5.63. The summed E-state index contributed by atoms with van der Waals surface area (Å²) in [6, 6.07) is 6.50. The monoisotopic (exact) mass is 223 g/mol. The second-order valence-corrected chi connectivity index (χ2v) is 4.92. The molecule has 1 nitrogen and oxygen atoms in total. The second-order valence-electron chi connectivity index (χ2n) is 4.51. The Hall–Kier alpha value is -0.530. The number of aryl methyl sites for hydroxylation is 1. The molecule has 1 N–H and O–H groups in total. The highest BCUT2D eigenvalue weighted by Crippen LogP contribution is 2.42. The first kappa shape index (κ1) is 11.0. The van der Waals surface area contributed by atoms with E-state index in [0.717, 1.165) is 23.4 Å². The van der Waals surface area contributed by atoms with Crippen molar-refractivity contribution in [2.45, 2.75) is 25.7 Å². The molecule has 1 aliphatic carbocycles. The normalized spacial score (nSPS) is 25.0. The maximum Gasteiger partial charge on any atom is 0.0438 e. The zero-order valence-corrected chi connectivity index (χ0v) is 10.1. The van der Waals surface area contributed by atoms with Crippen LogP contribution in [0.4, 0.5) is 0 Å². The lowest BCUT2D eigenvalue weighted by Crippen LogP contribution is -2.32. The van der Waals surface area contributed by atoms with Crippen molar-refractivity contribution in [3.8, 4) is 0 Å². The largest absolute Gasteiger partial charge is 0.319 e. The average Bonchev–Trinajstić information content (AvgIpc) is 2.18. The molecular weight excluding hydrogens is 206 g/mol. The second kappa shape index (κ2) is 4.54. The molecule has 0 aromatic heterocycles. The Morgan fingerprint density at radius 2 is 2.20 bits per heavy atom. The van der Waals surface area contributed by atoms with Gasteiger partial charge in [-0.25, -0.2) is 0 Å². The highest BCUT2D eigenvalue weighted by atomic mass is 35.5. The molecule has 1 fully saturated rings. The van der Waals surface area contributed by atoms with E-state index in [4.69, 9.17) is 11.6 Å². The van der Waals surface area contributed by atoms with E-state index in [1.165, 1.54) is 24.0 Å². The molecule has 1 aromatic rings. The van der Waals surface area contributed by atoms with Crippen molar-refractivity contribution in [1.82, 2.24) is 5.32 Å². The minimum atomic E-state index is 0.718. The SMILES string of the molecule is CNCC1CCC1c1ccc(C)c(Cl)c1. The predicted molar refractivity (Wildman–Crippen MR) is 65.6 cm³/mol. The standard InChI is InChI=1S/C13H18ClN/c1-9-3-4-10(7-13(9)14)12-6-5-11(12)8-15-2/h3-4,7,11-12,15H,5-6,8H2,1-2H3. The Morgan fingerprint density at radius 3 is 2.73 bits per heavy atom. The third kappa shape index (κ3) is 2.19. The van der Waals surface area contributed by atoms with Crippen LogP contribution >= 0.6 is 11.6 Å². The number of rotatable bonds is 3. The fraction of sp³-hybridized carbons (Fsp3) is 0.538. The Labute approximate surface area is 96.8 Å². The van der Waals surface area contributed by atoms with Gasteiger partial charge in [-0.1, -0.05) is 23.7 Å². The van der Waals surface area contributed by atoms with Crippen LogP contribution in [0.1, 0.15) is 29.9 Å². The molecule has 2 atom stereocenters. The van der Waals surface area contributed by atoms with E-state index in [0.29, 0.717) is 0 Å². The van der Waals surface area contributed by atoms with Crippen LogP contribution in [0.5, 0.6) is 0 Å². The maximum absolute atomic E-state index is 6.15. The number of benzene rings is 1. The van der Waals surface area contributed by atoms with Crippen LogP contribution in [0.25, 0.3) is 0 Å². The van der Waals surface area contributed by atoms with Gasteiger partial charge in [-0.05, 0) is 62.4 Å². The van der Waals surface area contributed by atoms with Crippen molar-refractivity contribution in [3.05, 3.63) is 34.3 Å². The minimum absolute atomic E-state index is 0.718. The van der Waals surface area contributed by atoms with Crippen molar-refractivity contribution < 1.29 is 0 Å². The Kier molecular flexibility index (Phi) is 3.32. The quantitative estimate of drug-likeness (QED) is 0.829. The number of hydrogen-bond acceptors (Lipinski definition) is 1. The summed E-state index contributed by atoms with van der Waals surface area (Å²) in [5.74, 6) is 1.52. The zero-order chi connectivity index (χ0) is 10.8. The van der Waals surface area contributed by atoms with Crippen LogP contribution < -0.4 is 5.32 Å². The molecule has 2 rings (SSSR count). The maximum atomic E-state index is 6.15. The molecule has 2 heteroatoms. The third-order valence-corrected chi connectivity index (χ3v) is 3.92. The first-order chi connectivity index (χ1) is 7.22. The summed E-state index contributed by atoms with van der Waals surface area (Å²) >= 11 is 6.15. The molecule has 0 radical (unpaired) electrons. The summed E-state index contributed by atoms with van der Waals surface area (Å²) in [7, 11) is 2.03. The highest BCUT2D eigenvalue weighted by molar-refractivity contribution is 6.31. The van der Waals surface area contributed by atoms with E-state index in [2.05, 4.69) is 30.4 Å². The summed E-state index contributed by atoms with van der Waals surface area (Å²) in [5, 5.41) is 4.17. The van der Waals surface area contributed by atoms with Gasteiger partial charge in [-0.3, -0.25) is 0 Å². The molecule has 82 valence electrons. The van der Waals surface area contributed by atoms with Gasteiger partial charge >= 0.3 is 0 Å². The molecule has 0 aliphatic heterocycles. The van der Waals surface area contributed by atoms with Gasteiger partial charge in [0, 0.05) is 5.02 Å². The van der Waals surface area contributed by atoms with Crippen molar-refractivity contribution in [2.75, 3.05) is 13.6 Å². The van der Waals surface area contributed by atoms with Crippen LogP contribution in [0.3, 0.4) is 0 Å². The van der Waals surface area contributed by atoms with Gasteiger partial charge in [0.05, 0.1) is 0 Å². The van der Waals surface area contributed by atoms with Crippen molar-refractivity contribution in [2.24, 2.45) is 5.92 Å². The molecule has 15 heavy (non-hydrogen) atoms. The number of hydrogen-bond donors (Lipinski definition) is 1. The Bertz CT molecular complexity index is 348. The summed E-state index contributed by atoms with van der Waals surface area (Å²) < 4.78 is 0. The van der Waals surface area contributed by atoms with E-state index in [1.54, 1.807) is 0 Å². The van der Waals surface area contributed by atoms with Crippen LogP contribution in [0.15, 0.2) is 18.2 Å². The summed E-state index contributed by atoms with van der Waals surface area (Å²) in [5.41, 5.74) is 2.59. The molecule has 0 bridgehead atoms.